The van der Waals surface area contributed by atoms with Gasteiger partial charge < -0.3 is 4.90 Å². The Labute approximate surface area is 288 Å². The first-order valence-electron chi connectivity index (χ1n) is 16.6. The Morgan fingerprint density at radius 3 is 1.90 bits per heavy atom. The van der Waals surface area contributed by atoms with Crippen molar-refractivity contribution in [2.75, 3.05) is 4.90 Å². The van der Waals surface area contributed by atoms with Gasteiger partial charge in [0.2, 0.25) is 0 Å². The number of hydrogen-bond acceptors (Lipinski definition) is 4. The highest BCUT2D eigenvalue weighted by Gasteiger charge is 2.33. The van der Waals surface area contributed by atoms with E-state index >= 15 is 0 Å². The first-order chi connectivity index (χ1) is 24.3. The third-order valence-corrected chi connectivity index (χ3v) is 10.9. The fourth-order valence-electron chi connectivity index (χ4n) is 7.60. The Hall–Kier alpha value is -6.10. The van der Waals surface area contributed by atoms with Gasteiger partial charge in [-0.15, -0.1) is 11.3 Å². The van der Waals surface area contributed by atoms with Gasteiger partial charge in [-0.25, -0.2) is 9.97 Å². The van der Waals surface area contributed by atoms with Crippen LogP contribution in [0.3, 0.4) is 0 Å². The molecule has 3 nitrogen and oxygen atoms in total. The van der Waals surface area contributed by atoms with Crippen LogP contribution in [0.25, 0.3) is 53.5 Å². The summed E-state index contributed by atoms with van der Waals surface area (Å²) in [4.78, 5) is 13.3. The van der Waals surface area contributed by atoms with Crippen LogP contribution in [0, 0.1) is 0 Å². The Morgan fingerprint density at radius 2 is 1.12 bits per heavy atom. The summed E-state index contributed by atoms with van der Waals surface area (Å²) >= 11 is 1.83. The van der Waals surface area contributed by atoms with Gasteiger partial charge in [-0.05, 0) is 76.9 Å². The van der Waals surface area contributed by atoms with Crippen LogP contribution in [0.2, 0.25) is 0 Å². The van der Waals surface area contributed by atoms with Gasteiger partial charge in [-0.3, -0.25) is 0 Å². The third kappa shape index (κ3) is 4.49. The molecule has 0 radical (unpaired) electrons. The molecular weight excluding hydrogens is 615 g/mol. The number of para-hydroxylation sites is 2. The van der Waals surface area contributed by atoms with Gasteiger partial charge in [0, 0.05) is 48.2 Å². The predicted molar refractivity (Wildman–Crippen MR) is 205 cm³/mol. The van der Waals surface area contributed by atoms with Crippen LogP contribution in [-0.2, 0) is 0 Å². The highest BCUT2D eigenvalue weighted by Crippen LogP contribution is 2.50. The first kappa shape index (κ1) is 28.0. The molecule has 0 saturated heterocycles. The summed E-state index contributed by atoms with van der Waals surface area (Å²) in [5.74, 6) is 0.732. The van der Waals surface area contributed by atoms with Crippen molar-refractivity contribution in [3.05, 3.63) is 187 Å². The van der Waals surface area contributed by atoms with Crippen LogP contribution in [0.15, 0.2) is 170 Å². The predicted octanol–water partition coefficient (Wildman–Crippen LogP) is 12.3. The van der Waals surface area contributed by atoms with Gasteiger partial charge in [-0.1, -0.05) is 115 Å². The molecule has 2 aromatic heterocycles. The Bertz CT molecular complexity index is 2630. The summed E-state index contributed by atoms with van der Waals surface area (Å²) in [5.41, 5.74) is 11.3. The SMILES string of the molecule is c1ccc(-c2nc(C3c4ccccc4-c4cc(N(c5ccccc5)c5ccccc5)ccc43)nc3ccc4sc5ccccc5c4c23)cc1. The van der Waals surface area contributed by atoms with Gasteiger partial charge in [0.05, 0.1) is 17.1 Å². The van der Waals surface area contributed by atoms with Crippen molar-refractivity contribution in [3.63, 3.8) is 0 Å². The van der Waals surface area contributed by atoms with Crippen molar-refractivity contribution in [2.24, 2.45) is 0 Å². The topological polar surface area (TPSA) is 29.0 Å². The fraction of sp³-hybridized carbons (Fsp3) is 0.0222. The maximum absolute atomic E-state index is 5.52. The molecule has 0 fully saturated rings. The molecule has 9 aromatic rings. The molecule has 1 aliphatic carbocycles. The summed E-state index contributed by atoms with van der Waals surface area (Å²) in [7, 11) is 0. The third-order valence-electron chi connectivity index (χ3n) is 9.72. The Balaban J connectivity index is 1.20. The summed E-state index contributed by atoms with van der Waals surface area (Å²) < 4.78 is 2.54. The lowest BCUT2D eigenvalue weighted by molar-refractivity contribution is 0.891. The van der Waals surface area contributed by atoms with Gasteiger partial charge in [0.1, 0.15) is 5.82 Å². The summed E-state index contributed by atoms with van der Waals surface area (Å²) in [5, 5.41) is 3.61. The number of benzene rings is 7. The van der Waals surface area contributed by atoms with Crippen LogP contribution in [0.5, 0.6) is 0 Å². The highest BCUT2D eigenvalue weighted by molar-refractivity contribution is 7.26. The van der Waals surface area contributed by atoms with E-state index in [1.165, 1.54) is 42.4 Å². The fourth-order valence-corrected chi connectivity index (χ4v) is 8.71. The van der Waals surface area contributed by atoms with Crippen LogP contribution in [0.4, 0.5) is 17.1 Å². The molecule has 4 heteroatoms. The molecule has 49 heavy (non-hydrogen) atoms. The van der Waals surface area contributed by atoms with Crippen LogP contribution >= 0.6 is 11.3 Å². The number of nitrogens with zero attached hydrogens (tertiary/aromatic N) is 3. The van der Waals surface area contributed by atoms with Crippen LogP contribution in [0.1, 0.15) is 22.9 Å². The molecule has 0 bridgehead atoms. The monoisotopic (exact) mass is 643 g/mol. The van der Waals surface area contributed by atoms with E-state index in [4.69, 9.17) is 9.97 Å². The minimum absolute atomic E-state index is 0.0936. The Kier molecular flexibility index (Phi) is 6.42. The molecular formula is C45H29N3S. The second-order valence-corrected chi connectivity index (χ2v) is 13.6. The van der Waals surface area contributed by atoms with E-state index in [9.17, 15) is 0 Å². The average molecular weight is 644 g/mol. The van der Waals surface area contributed by atoms with Crippen LogP contribution < -0.4 is 4.90 Å². The van der Waals surface area contributed by atoms with Crippen LogP contribution in [-0.4, -0.2) is 9.97 Å². The molecule has 1 aliphatic rings. The lowest BCUT2D eigenvalue weighted by Crippen LogP contribution is -2.10. The quantitative estimate of drug-likeness (QED) is 0.187. The minimum atomic E-state index is -0.0936. The van der Waals surface area contributed by atoms with Crippen molar-refractivity contribution < 1.29 is 0 Å². The first-order valence-corrected chi connectivity index (χ1v) is 17.4. The maximum atomic E-state index is 5.52. The van der Waals surface area contributed by atoms with Gasteiger partial charge in [0.25, 0.3) is 0 Å². The van der Waals surface area contributed by atoms with Crippen molar-refractivity contribution in [1.82, 2.24) is 9.97 Å². The number of aromatic nitrogens is 2. The molecule has 230 valence electrons. The normalized spacial score (nSPS) is 13.5. The van der Waals surface area contributed by atoms with E-state index in [0.717, 1.165) is 45.0 Å². The average Bonchev–Trinajstić information content (AvgIpc) is 3.71. The summed E-state index contributed by atoms with van der Waals surface area (Å²) in [6.07, 6.45) is 0. The summed E-state index contributed by atoms with van der Waals surface area (Å²) in [6.45, 7) is 0. The number of fused-ring (bicyclic) bond motifs is 8. The van der Waals surface area contributed by atoms with Crippen molar-refractivity contribution in [2.45, 2.75) is 5.92 Å². The highest BCUT2D eigenvalue weighted by atomic mass is 32.1. The second kappa shape index (κ2) is 11.3. The zero-order valence-electron chi connectivity index (χ0n) is 26.5. The van der Waals surface area contributed by atoms with E-state index in [2.05, 4.69) is 175 Å². The lowest BCUT2D eigenvalue weighted by Gasteiger charge is -2.26. The lowest BCUT2D eigenvalue weighted by atomic mass is 9.94. The van der Waals surface area contributed by atoms with E-state index < -0.39 is 0 Å². The standard InChI is InChI=1S/C45H29N3S/c1-4-14-29(15-5-1)44-43-38(26-27-40-42(43)36-22-12-13-23-39(36)49-40)46-45(47-44)41-34-21-11-10-20-33(34)37-28-32(24-25-35(37)41)48(30-16-6-2-7-17-30)31-18-8-3-9-19-31/h1-28,41H. The number of hydrogen-bond donors (Lipinski definition) is 0. The minimum Gasteiger partial charge on any atom is -0.310 e. The zero-order valence-corrected chi connectivity index (χ0v) is 27.3. The van der Waals surface area contributed by atoms with Gasteiger partial charge in [-0.2, -0.15) is 0 Å². The molecule has 0 N–H and O–H groups in total. The maximum Gasteiger partial charge on any atom is 0.141 e. The molecule has 1 atom stereocenters. The largest absolute Gasteiger partial charge is 0.310 e. The van der Waals surface area contributed by atoms with Crippen molar-refractivity contribution in [1.29, 1.82) is 0 Å². The van der Waals surface area contributed by atoms with E-state index in [-0.39, 0.29) is 5.92 Å². The van der Waals surface area contributed by atoms with E-state index in [1.807, 2.05) is 11.3 Å². The number of rotatable bonds is 5. The number of anilines is 3. The molecule has 1 unspecified atom stereocenters. The van der Waals surface area contributed by atoms with E-state index in [1.54, 1.807) is 0 Å². The Morgan fingerprint density at radius 1 is 0.469 bits per heavy atom. The zero-order chi connectivity index (χ0) is 32.3. The molecule has 0 aliphatic heterocycles. The smallest absolute Gasteiger partial charge is 0.141 e. The van der Waals surface area contributed by atoms with E-state index in [0.29, 0.717) is 0 Å². The van der Waals surface area contributed by atoms with Crippen molar-refractivity contribution >= 4 is 59.5 Å². The molecule has 10 rings (SSSR count). The molecule has 7 aromatic carbocycles. The number of thiophene rings is 1. The van der Waals surface area contributed by atoms with Gasteiger partial charge in [0.15, 0.2) is 0 Å². The second-order valence-electron chi connectivity index (χ2n) is 12.5. The molecule has 0 amide bonds. The van der Waals surface area contributed by atoms with Crippen molar-refractivity contribution in [3.8, 4) is 22.4 Å². The van der Waals surface area contributed by atoms with Gasteiger partial charge >= 0.3 is 0 Å². The molecule has 0 saturated carbocycles. The molecule has 2 heterocycles. The molecule has 0 spiro atoms. The summed E-state index contributed by atoms with van der Waals surface area (Å²) in [6, 6.07) is 60.5.